The van der Waals surface area contributed by atoms with Gasteiger partial charge in [0.25, 0.3) is 0 Å². The lowest BCUT2D eigenvalue weighted by molar-refractivity contribution is -0.225. The van der Waals surface area contributed by atoms with Crippen LogP contribution in [0.1, 0.15) is 119 Å². The Bertz CT molecular complexity index is 1680. The van der Waals surface area contributed by atoms with Crippen molar-refractivity contribution in [1.29, 1.82) is 0 Å². The average Bonchev–Trinajstić information content (AvgIpc) is 3.07. The van der Waals surface area contributed by atoms with E-state index in [0.29, 0.717) is 32.6 Å². The molecular formula is C43H59F3N2O4. The number of ketones is 1. The van der Waals surface area contributed by atoms with Gasteiger partial charge in [-0.1, -0.05) is 66.2 Å². The van der Waals surface area contributed by atoms with E-state index in [1.807, 2.05) is 11.0 Å². The molecule has 0 N–H and O–H groups in total. The number of para-hydroxylation sites is 1. The molecule has 9 atom stereocenters. The van der Waals surface area contributed by atoms with E-state index >= 15 is 0 Å². The molecule has 1 aromatic carbocycles. The minimum atomic E-state index is -4.44. The minimum absolute atomic E-state index is 0.0250. The number of carbonyl (C=O) groups excluding carboxylic acids is 3. The monoisotopic (exact) mass is 724 g/mol. The van der Waals surface area contributed by atoms with E-state index in [9.17, 15) is 27.6 Å². The van der Waals surface area contributed by atoms with Gasteiger partial charge < -0.3 is 14.5 Å². The van der Waals surface area contributed by atoms with E-state index in [0.717, 1.165) is 57.4 Å². The molecule has 0 spiro atoms. The van der Waals surface area contributed by atoms with Crippen LogP contribution in [-0.4, -0.2) is 54.8 Å². The number of halogens is 3. The number of anilines is 1. The predicted molar refractivity (Wildman–Crippen MR) is 195 cm³/mol. The van der Waals surface area contributed by atoms with Crippen LogP contribution >= 0.6 is 0 Å². The Morgan fingerprint density at radius 1 is 0.846 bits per heavy atom. The third-order valence-electron chi connectivity index (χ3n) is 16.4. The summed E-state index contributed by atoms with van der Waals surface area (Å²) in [6, 6.07) is 5.69. The van der Waals surface area contributed by atoms with Crippen LogP contribution in [0.3, 0.4) is 0 Å². The van der Waals surface area contributed by atoms with Gasteiger partial charge in [-0.15, -0.1) is 0 Å². The molecule has 5 aliphatic carbocycles. The highest BCUT2D eigenvalue weighted by atomic mass is 19.4. The Kier molecular flexibility index (Phi) is 8.71. The Balaban J connectivity index is 1.17. The summed E-state index contributed by atoms with van der Waals surface area (Å²) in [6.45, 7) is 19.0. The lowest BCUT2D eigenvalue weighted by Crippen LogP contribution is -2.68. The number of piperazine rings is 1. The SMILES string of the molecule is CC(=O)OC1CCC(C)(C)C2CC[C@]3(C)C(C(=O)C=C4[C@@H]5CC(C)(C(=O)N6CCN(c7ccccc7C(F)(F)F)CC6)CC[C@]5(C)CC[C@]43C)[C@@]12C. The number of ether oxygens (including phenoxy) is 1. The summed E-state index contributed by atoms with van der Waals surface area (Å²) in [7, 11) is 0. The third kappa shape index (κ3) is 5.42. The van der Waals surface area contributed by atoms with Gasteiger partial charge in [-0.2, -0.15) is 13.2 Å². The number of alkyl halides is 3. The number of amides is 1. The van der Waals surface area contributed by atoms with Crippen LogP contribution in [0.25, 0.3) is 0 Å². The highest BCUT2D eigenvalue weighted by Gasteiger charge is 2.72. The standard InChI is InChI=1S/C43H59F3N2O4/c1-27(49)52-34-14-15-37(2,3)33-13-16-41(7)35(42(33,34)8)32(50)25-29-30-26-39(5,18-17-38(30,4)19-20-40(29,41)6)36(51)48-23-21-47(22-24-48)31-12-10-9-11-28(31)43(44,45)46/h9-12,25,30,33-35H,13-24,26H2,1-8H3/t30-,33?,34?,35?,38+,39?,40+,41+,42+/m0/s1. The Morgan fingerprint density at radius 2 is 1.50 bits per heavy atom. The largest absolute Gasteiger partial charge is 0.462 e. The molecule has 4 saturated carbocycles. The van der Waals surface area contributed by atoms with Crippen molar-refractivity contribution in [2.24, 2.45) is 50.2 Å². The molecule has 0 radical (unpaired) electrons. The smallest absolute Gasteiger partial charge is 0.418 e. The fourth-order valence-corrected chi connectivity index (χ4v) is 13.2. The zero-order valence-electron chi connectivity index (χ0n) is 32.5. The van der Waals surface area contributed by atoms with E-state index in [2.05, 4.69) is 48.5 Å². The van der Waals surface area contributed by atoms with Crippen LogP contribution in [0.2, 0.25) is 0 Å². The number of hydrogen-bond donors (Lipinski definition) is 0. The van der Waals surface area contributed by atoms with E-state index in [-0.39, 0.29) is 68.9 Å². The summed E-state index contributed by atoms with van der Waals surface area (Å²) in [4.78, 5) is 45.5. The molecule has 5 fully saturated rings. The molecular weight excluding hydrogens is 665 g/mol. The summed E-state index contributed by atoms with van der Waals surface area (Å²) in [6.07, 6.45) is 5.24. The normalized spacial score (nSPS) is 41.5. The highest BCUT2D eigenvalue weighted by Crippen LogP contribution is 2.75. The third-order valence-corrected chi connectivity index (χ3v) is 16.4. The molecule has 1 aromatic rings. The number of carbonyl (C=O) groups is 3. The van der Waals surface area contributed by atoms with Crippen molar-refractivity contribution >= 4 is 23.3 Å². The molecule has 0 bridgehead atoms. The molecule has 6 nitrogen and oxygen atoms in total. The molecule has 0 aromatic heterocycles. The molecule has 7 rings (SSSR count). The lowest BCUT2D eigenvalue weighted by Gasteiger charge is -2.71. The van der Waals surface area contributed by atoms with Crippen LogP contribution in [0.4, 0.5) is 18.9 Å². The van der Waals surface area contributed by atoms with Gasteiger partial charge in [-0.3, -0.25) is 14.4 Å². The zero-order chi connectivity index (χ0) is 37.9. The highest BCUT2D eigenvalue weighted by molar-refractivity contribution is 5.96. The number of esters is 1. The maximum absolute atomic E-state index is 14.9. The molecule has 9 heteroatoms. The number of allylic oxidation sites excluding steroid dienone is 2. The van der Waals surface area contributed by atoms with Crippen LogP contribution in [0.5, 0.6) is 0 Å². The van der Waals surface area contributed by atoms with Crippen molar-refractivity contribution in [3.05, 3.63) is 41.5 Å². The molecule has 1 heterocycles. The van der Waals surface area contributed by atoms with Crippen LogP contribution < -0.4 is 4.90 Å². The Hall–Kier alpha value is -2.84. The molecule has 1 saturated heterocycles. The van der Waals surface area contributed by atoms with Gasteiger partial charge in [0.2, 0.25) is 5.91 Å². The van der Waals surface area contributed by atoms with E-state index in [4.69, 9.17) is 4.74 Å². The molecule has 52 heavy (non-hydrogen) atoms. The van der Waals surface area contributed by atoms with Crippen LogP contribution in [0.15, 0.2) is 35.9 Å². The van der Waals surface area contributed by atoms with E-state index < -0.39 is 22.6 Å². The van der Waals surface area contributed by atoms with Gasteiger partial charge in [0.1, 0.15) is 6.10 Å². The molecule has 6 aliphatic rings. The fraction of sp³-hybridized carbons (Fsp3) is 0.744. The van der Waals surface area contributed by atoms with Crippen molar-refractivity contribution in [1.82, 2.24) is 4.90 Å². The second-order valence-corrected chi connectivity index (χ2v) is 19.5. The van der Waals surface area contributed by atoms with Gasteiger partial charge >= 0.3 is 12.1 Å². The van der Waals surface area contributed by atoms with E-state index in [1.54, 1.807) is 11.0 Å². The first-order chi connectivity index (χ1) is 24.1. The van der Waals surface area contributed by atoms with Gasteiger partial charge in [0, 0.05) is 55.5 Å². The lowest BCUT2D eigenvalue weighted by atomic mass is 9.33. The van der Waals surface area contributed by atoms with Crippen molar-refractivity contribution in [3.63, 3.8) is 0 Å². The molecule has 286 valence electrons. The Labute approximate surface area is 308 Å². The molecule has 1 aliphatic heterocycles. The quantitative estimate of drug-likeness (QED) is 0.291. The first kappa shape index (κ1) is 37.5. The van der Waals surface area contributed by atoms with Gasteiger partial charge in [-0.05, 0) is 109 Å². The second kappa shape index (κ2) is 12.1. The summed E-state index contributed by atoms with van der Waals surface area (Å²) in [5, 5.41) is 0. The molecule has 4 unspecified atom stereocenters. The maximum Gasteiger partial charge on any atom is 0.418 e. The average molecular weight is 725 g/mol. The first-order valence-electron chi connectivity index (χ1n) is 19.7. The van der Waals surface area contributed by atoms with E-state index in [1.165, 1.54) is 24.6 Å². The van der Waals surface area contributed by atoms with Gasteiger partial charge in [0.15, 0.2) is 5.78 Å². The first-order valence-corrected chi connectivity index (χ1v) is 19.7. The topological polar surface area (TPSA) is 66.9 Å². The summed E-state index contributed by atoms with van der Waals surface area (Å²) < 4.78 is 47.5. The summed E-state index contributed by atoms with van der Waals surface area (Å²) >= 11 is 0. The summed E-state index contributed by atoms with van der Waals surface area (Å²) in [5.74, 6) is 0.0268. The van der Waals surface area contributed by atoms with Gasteiger partial charge in [0.05, 0.1) is 5.56 Å². The number of fused-ring (bicyclic) bond motifs is 7. The number of benzene rings is 1. The summed E-state index contributed by atoms with van der Waals surface area (Å²) in [5.41, 5.74) is -0.933. The number of hydrogen-bond acceptors (Lipinski definition) is 5. The van der Waals surface area contributed by atoms with Crippen molar-refractivity contribution < 1.29 is 32.3 Å². The number of rotatable bonds is 3. The van der Waals surface area contributed by atoms with Crippen LogP contribution in [0, 0.1) is 50.2 Å². The van der Waals surface area contributed by atoms with Crippen LogP contribution in [-0.2, 0) is 25.3 Å². The maximum atomic E-state index is 14.9. The Morgan fingerprint density at radius 3 is 2.15 bits per heavy atom. The van der Waals surface area contributed by atoms with Gasteiger partial charge in [-0.25, -0.2) is 0 Å². The van der Waals surface area contributed by atoms with Crippen molar-refractivity contribution in [2.45, 2.75) is 125 Å². The zero-order valence-corrected chi connectivity index (χ0v) is 32.5. The second-order valence-electron chi connectivity index (χ2n) is 19.5. The van der Waals surface area contributed by atoms with Crippen molar-refractivity contribution in [3.8, 4) is 0 Å². The minimum Gasteiger partial charge on any atom is -0.462 e. The fourth-order valence-electron chi connectivity index (χ4n) is 13.2. The predicted octanol–water partition coefficient (Wildman–Crippen LogP) is 9.27. The number of nitrogens with zero attached hydrogens (tertiary/aromatic N) is 2. The molecule has 1 amide bonds. The van der Waals surface area contributed by atoms with Crippen molar-refractivity contribution in [2.75, 3.05) is 31.1 Å².